The maximum absolute atomic E-state index is 13.1. The van der Waals surface area contributed by atoms with Crippen LogP contribution in [0.1, 0.15) is 34.6 Å². The zero-order valence-electron chi connectivity index (χ0n) is 13.7. The van der Waals surface area contributed by atoms with Gasteiger partial charge in [0.15, 0.2) is 11.8 Å². The Morgan fingerprint density at radius 2 is 1.72 bits per heavy atom. The van der Waals surface area contributed by atoms with Gasteiger partial charge in [0.05, 0.1) is 0 Å². The van der Waals surface area contributed by atoms with Crippen molar-refractivity contribution in [2.45, 2.75) is 25.6 Å². The van der Waals surface area contributed by atoms with Gasteiger partial charge in [0, 0.05) is 23.1 Å². The molecule has 0 radical (unpaired) electrons. The van der Waals surface area contributed by atoms with Gasteiger partial charge in [-0.25, -0.2) is 4.79 Å². The number of nitrogens with one attached hydrogen (secondary N) is 1. The molecule has 2 heterocycles. The van der Waals surface area contributed by atoms with E-state index in [1.165, 1.54) is 0 Å². The molecule has 4 rings (SSSR count). The first-order valence-corrected chi connectivity index (χ1v) is 7.99. The van der Waals surface area contributed by atoms with Gasteiger partial charge in [0.2, 0.25) is 0 Å². The number of rotatable bonds is 3. The molecule has 2 aliphatic heterocycles. The summed E-state index contributed by atoms with van der Waals surface area (Å²) < 4.78 is 5.58. The van der Waals surface area contributed by atoms with E-state index in [9.17, 15) is 14.4 Å². The summed E-state index contributed by atoms with van der Waals surface area (Å²) in [6.45, 7) is 3.61. The molecule has 0 spiro atoms. The van der Waals surface area contributed by atoms with E-state index in [0.29, 0.717) is 16.5 Å². The van der Waals surface area contributed by atoms with Crippen LogP contribution in [0.2, 0.25) is 0 Å². The van der Waals surface area contributed by atoms with Crippen LogP contribution in [-0.4, -0.2) is 41.1 Å². The average Bonchev–Trinajstić information content (AvgIpc) is 2.89. The van der Waals surface area contributed by atoms with Crippen LogP contribution in [-0.2, 0) is 14.4 Å². The predicted octanol–water partition coefficient (Wildman–Crippen LogP) is 1.62. The first kappa shape index (κ1) is 15.7. The van der Waals surface area contributed by atoms with E-state index in [2.05, 4.69) is 5.48 Å². The normalized spacial score (nSPS) is 25.6. The molecule has 7 heteroatoms. The summed E-state index contributed by atoms with van der Waals surface area (Å²) in [4.78, 5) is 44.2. The highest BCUT2D eigenvalue weighted by atomic mass is 16.7. The summed E-state index contributed by atoms with van der Waals surface area (Å²) in [5.41, 5.74) is 1.96. The highest BCUT2D eigenvalue weighted by Crippen LogP contribution is 2.34. The van der Waals surface area contributed by atoms with E-state index >= 15 is 0 Å². The molecular weight excluding hydrogens is 324 g/mol. The Kier molecular flexibility index (Phi) is 3.38. The lowest BCUT2D eigenvalue weighted by Crippen LogP contribution is -2.60. The minimum absolute atomic E-state index is 0.277. The lowest BCUT2D eigenvalue weighted by molar-refractivity contribution is -0.146. The second kappa shape index (κ2) is 5.37. The zero-order valence-corrected chi connectivity index (χ0v) is 13.7. The minimum atomic E-state index is -1.31. The van der Waals surface area contributed by atoms with Gasteiger partial charge in [-0.15, -0.1) is 5.48 Å². The van der Waals surface area contributed by atoms with Crippen LogP contribution in [0.4, 0.5) is 0 Å². The lowest BCUT2D eigenvalue weighted by atomic mass is 9.92. The molecule has 0 saturated carbocycles. The summed E-state index contributed by atoms with van der Waals surface area (Å²) in [5, 5.41) is 1.41. The molecule has 1 saturated heterocycles. The summed E-state index contributed by atoms with van der Waals surface area (Å²) in [6.07, 6.45) is 0. The van der Waals surface area contributed by atoms with Crippen molar-refractivity contribution < 1.29 is 24.0 Å². The Labute approximate surface area is 143 Å². The summed E-state index contributed by atoms with van der Waals surface area (Å²) in [7, 11) is 0. The third-order valence-electron chi connectivity index (χ3n) is 4.60. The summed E-state index contributed by atoms with van der Waals surface area (Å²) in [5.74, 6) is -1.80. The van der Waals surface area contributed by atoms with Crippen molar-refractivity contribution in [3.05, 3.63) is 47.5 Å². The second-order valence-corrected chi connectivity index (χ2v) is 6.16. The first-order valence-electron chi connectivity index (χ1n) is 7.99. The quantitative estimate of drug-likeness (QED) is 0.855. The van der Waals surface area contributed by atoms with Gasteiger partial charge in [-0.1, -0.05) is 24.3 Å². The maximum Gasteiger partial charge on any atom is 0.352 e. The van der Waals surface area contributed by atoms with E-state index in [1.54, 1.807) is 38.1 Å². The SMILES string of the molecule is CCOC1(C)NOC(=O)C1N1C(=O)c2cccc3cccc(c23)C1=O. The maximum atomic E-state index is 13.1. The molecule has 2 aromatic carbocycles. The van der Waals surface area contributed by atoms with Crippen molar-refractivity contribution in [3.63, 3.8) is 0 Å². The molecule has 1 fully saturated rings. The molecule has 2 unspecified atom stereocenters. The number of carbonyl (C=O) groups excluding carboxylic acids is 3. The topological polar surface area (TPSA) is 84.9 Å². The number of hydrogen-bond donors (Lipinski definition) is 1. The molecule has 2 amide bonds. The molecule has 0 bridgehead atoms. The van der Waals surface area contributed by atoms with Crippen molar-refractivity contribution in [3.8, 4) is 0 Å². The molecule has 128 valence electrons. The number of imide groups is 1. The fourth-order valence-corrected chi connectivity index (χ4v) is 3.53. The third-order valence-corrected chi connectivity index (χ3v) is 4.60. The van der Waals surface area contributed by atoms with Crippen LogP contribution in [0.3, 0.4) is 0 Å². The molecule has 2 aromatic rings. The molecule has 2 aliphatic rings. The van der Waals surface area contributed by atoms with E-state index < -0.39 is 29.6 Å². The van der Waals surface area contributed by atoms with Crippen LogP contribution in [0, 0.1) is 0 Å². The van der Waals surface area contributed by atoms with Crippen LogP contribution >= 0.6 is 0 Å². The first-order chi connectivity index (χ1) is 12.0. The highest BCUT2D eigenvalue weighted by Gasteiger charge is 2.56. The number of amides is 2. The van der Waals surface area contributed by atoms with Gasteiger partial charge < -0.3 is 9.57 Å². The van der Waals surface area contributed by atoms with Gasteiger partial charge >= 0.3 is 5.97 Å². The minimum Gasteiger partial charge on any atom is -0.366 e. The number of carbonyl (C=O) groups is 3. The van der Waals surface area contributed by atoms with E-state index in [0.717, 1.165) is 10.3 Å². The van der Waals surface area contributed by atoms with Crippen LogP contribution in [0.5, 0.6) is 0 Å². The Morgan fingerprint density at radius 3 is 2.28 bits per heavy atom. The van der Waals surface area contributed by atoms with Crippen molar-refractivity contribution in [2.75, 3.05) is 6.61 Å². The Hall–Kier alpha value is -2.77. The lowest BCUT2D eigenvalue weighted by Gasteiger charge is -2.36. The number of ether oxygens (including phenoxy) is 1. The van der Waals surface area contributed by atoms with E-state index in [-0.39, 0.29) is 6.61 Å². The Balaban J connectivity index is 1.89. The fourth-order valence-electron chi connectivity index (χ4n) is 3.53. The highest BCUT2D eigenvalue weighted by molar-refractivity contribution is 6.26. The Bertz CT molecular complexity index is 874. The number of benzene rings is 2. The van der Waals surface area contributed by atoms with Gasteiger partial charge in [-0.2, -0.15) is 0 Å². The molecular formula is C18H16N2O5. The largest absolute Gasteiger partial charge is 0.366 e. The number of hydrogen-bond acceptors (Lipinski definition) is 6. The second-order valence-electron chi connectivity index (χ2n) is 6.16. The standard InChI is InChI=1S/C18H16N2O5/c1-3-24-18(2)14(17(23)25-19-18)20-15(21)11-8-4-6-10-7-5-9-12(13(10)11)16(20)22/h4-9,14,19H,3H2,1-2H3. The van der Waals surface area contributed by atoms with Crippen LogP contribution in [0.15, 0.2) is 36.4 Å². The summed E-state index contributed by atoms with van der Waals surface area (Å²) in [6, 6.07) is 9.28. The molecule has 7 nitrogen and oxygen atoms in total. The van der Waals surface area contributed by atoms with E-state index in [4.69, 9.17) is 9.57 Å². The average molecular weight is 340 g/mol. The predicted molar refractivity (Wildman–Crippen MR) is 87.5 cm³/mol. The van der Waals surface area contributed by atoms with Gasteiger partial charge in [0.1, 0.15) is 0 Å². The van der Waals surface area contributed by atoms with E-state index in [1.807, 2.05) is 12.1 Å². The zero-order chi connectivity index (χ0) is 17.8. The van der Waals surface area contributed by atoms with Gasteiger partial charge in [-0.3, -0.25) is 14.5 Å². The van der Waals surface area contributed by atoms with Crippen molar-refractivity contribution in [1.82, 2.24) is 10.4 Å². The molecule has 0 aliphatic carbocycles. The van der Waals surface area contributed by atoms with Crippen molar-refractivity contribution in [2.24, 2.45) is 0 Å². The monoisotopic (exact) mass is 340 g/mol. The van der Waals surface area contributed by atoms with Crippen LogP contribution < -0.4 is 5.48 Å². The fraction of sp³-hybridized carbons (Fsp3) is 0.278. The van der Waals surface area contributed by atoms with Crippen molar-refractivity contribution >= 4 is 28.6 Å². The molecule has 1 N–H and O–H groups in total. The molecule has 2 atom stereocenters. The van der Waals surface area contributed by atoms with Crippen LogP contribution in [0.25, 0.3) is 10.8 Å². The smallest absolute Gasteiger partial charge is 0.352 e. The van der Waals surface area contributed by atoms with Crippen molar-refractivity contribution in [1.29, 1.82) is 0 Å². The third kappa shape index (κ3) is 2.09. The molecule has 0 aromatic heterocycles. The molecule has 25 heavy (non-hydrogen) atoms. The number of hydroxylamine groups is 1. The number of nitrogens with zero attached hydrogens (tertiary/aromatic N) is 1. The van der Waals surface area contributed by atoms with Gasteiger partial charge in [-0.05, 0) is 31.4 Å². The summed E-state index contributed by atoms with van der Waals surface area (Å²) >= 11 is 0. The Morgan fingerprint density at radius 1 is 1.12 bits per heavy atom. The van der Waals surface area contributed by atoms with Gasteiger partial charge in [0.25, 0.3) is 11.8 Å².